The Morgan fingerprint density at radius 2 is 2.00 bits per heavy atom. The smallest absolute Gasteiger partial charge is 0.451 e. The quantitative estimate of drug-likeness (QED) is 0.801. The van der Waals surface area contributed by atoms with Crippen LogP contribution in [0.25, 0.3) is 0 Å². The first-order valence-electron chi connectivity index (χ1n) is 5.74. The van der Waals surface area contributed by atoms with E-state index in [1.165, 1.54) is 13.1 Å². The van der Waals surface area contributed by atoms with Crippen LogP contribution in [-0.4, -0.2) is 23.6 Å². The van der Waals surface area contributed by atoms with Crippen LogP contribution in [0.15, 0.2) is 6.07 Å². The van der Waals surface area contributed by atoms with Gasteiger partial charge in [0.1, 0.15) is 5.82 Å². The maximum absolute atomic E-state index is 12.5. The highest BCUT2D eigenvalue weighted by atomic mass is 19.4. The van der Waals surface area contributed by atoms with Gasteiger partial charge in [0.05, 0.1) is 6.61 Å². The normalized spacial score (nSPS) is 11.4. The highest BCUT2D eigenvalue weighted by Crippen LogP contribution is 2.28. The fourth-order valence-electron chi connectivity index (χ4n) is 1.28. The van der Waals surface area contributed by atoms with Gasteiger partial charge in [-0.2, -0.15) is 18.2 Å². The van der Waals surface area contributed by atoms with E-state index in [1.807, 2.05) is 6.92 Å². The van der Waals surface area contributed by atoms with Gasteiger partial charge in [0.25, 0.3) is 0 Å². The number of aromatic nitrogens is 2. The summed E-state index contributed by atoms with van der Waals surface area (Å²) in [6.07, 6.45) is -1.80. The van der Waals surface area contributed by atoms with E-state index in [4.69, 9.17) is 4.74 Å². The molecule has 18 heavy (non-hydrogen) atoms. The SMILES string of the molecule is CCCCCOc1cc(NC)nc(C(F)(F)F)n1. The van der Waals surface area contributed by atoms with Gasteiger partial charge in [-0.3, -0.25) is 0 Å². The van der Waals surface area contributed by atoms with E-state index < -0.39 is 12.0 Å². The van der Waals surface area contributed by atoms with Crippen molar-refractivity contribution in [3.63, 3.8) is 0 Å². The molecule has 1 aromatic heterocycles. The second-order valence-corrected chi connectivity index (χ2v) is 3.72. The Hall–Kier alpha value is -1.53. The van der Waals surface area contributed by atoms with Crippen LogP contribution in [-0.2, 0) is 6.18 Å². The number of hydrogen-bond acceptors (Lipinski definition) is 4. The summed E-state index contributed by atoms with van der Waals surface area (Å²) in [5.74, 6) is -1.17. The molecule has 0 aromatic carbocycles. The van der Waals surface area contributed by atoms with E-state index in [0.29, 0.717) is 6.61 Å². The lowest BCUT2D eigenvalue weighted by molar-refractivity contribution is -0.145. The number of rotatable bonds is 6. The van der Waals surface area contributed by atoms with Crippen molar-refractivity contribution < 1.29 is 17.9 Å². The van der Waals surface area contributed by atoms with Crippen LogP contribution in [0.2, 0.25) is 0 Å². The molecule has 1 heterocycles. The molecule has 0 atom stereocenters. The minimum absolute atomic E-state index is 0.0576. The number of unbranched alkanes of at least 4 members (excludes halogenated alkanes) is 2. The average Bonchev–Trinajstić information content (AvgIpc) is 2.33. The lowest BCUT2D eigenvalue weighted by Gasteiger charge is -2.10. The molecule has 0 fully saturated rings. The maximum Gasteiger partial charge on any atom is 0.451 e. The molecule has 0 saturated carbocycles. The Morgan fingerprint density at radius 3 is 2.56 bits per heavy atom. The zero-order chi connectivity index (χ0) is 13.6. The number of nitrogens with one attached hydrogen (secondary N) is 1. The monoisotopic (exact) mass is 263 g/mol. The van der Waals surface area contributed by atoms with Crippen LogP contribution < -0.4 is 10.1 Å². The van der Waals surface area contributed by atoms with Gasteiger partial charge in [0, 0.05) is 13.1 Å². The summed E-state index contributed by atoms with van der Waals surface area (Å²) in [6.45, 7) is 2.39. The summed E-state index contributed by atoms with van der Waals surface area (Å²) in [4.78, 5) is 6.69. The summed E-state index contributed by atoms with van der Waals surface area (Å²) < 4.78 is 42.8. The Bertz CT molecular complexity index is 382. The van der Waals surface area contributed by atoms with Crippen molar-refractivity contribution in [3.8, 4) is 5.88 Å². The molecule has 0 aliphatic carbocycles. The lowest BCUT2D eigenvalue weighted by Crippen LogP contribution is -2.13. The first kappa shape index (κ1) is 14.5. The highest BCUT2D eigenvalue weighted by molar-refractivity contribution is 5.38. The van der Waals surface area contributed by atoms with E-state index >= 15 is 0 Å². The van der Waals surface area contributed by atoms with Gasteiger partial charge < -0.3 is 10.1 Å². The van der Waals surface area contributed by atoms with Crippen LogP contribution in [0.1, 0.15) is 32.0 Å². The molecule has 0 aliphatic heterocycles. The molecule has 0 spiro atoms. The molecule has 0 radical (unpaired) electrons. The number of anilines is 1. The Balaban J connectivity index is 2.78. The predicted octanol–water partition coefficient (Wildman–Crippen LogP) is 3.11. The largest absolute Gasteiger partial charge is 0.478 e. The van der Waals surface area contributed by atoms with Crippen LogP contribution >= 0.6 is 0 Å². The third kappa shape index (κ3) is 4.38. The second-order valence-electron chi connectivity index (χ2n) is 3.72. The summed E-state index contributed by atoms with van der Waals surface area (Å²) in [5, 5.41) is 2.55. The standard InChI is InChI=1S/C11H16F3N3O/c1-3-4-5-6-18-9-7-8(15-2)16-10(17-9)11(12,13)14/h7H,3-6H2,1-2H3,(H,15,16,17). The Kier molecular flexibility index (Phi) is 5.18. The van der Waals surface area contributed by atoms with E-state index in [-0.39, 0.29) is 11.7 Å². The summed E-state index contributed by atoms with van der Waals surface area (Å²) in [5.41, 5.74) is 0. The molecule has 7 heteroatoms. The van der Waals surface area contributed by atoms with Crippen LogP contribution in [0, 0.1) is 0 Å². The first-order valence-corrected chi connectivity index (χ1v) is 5.74. The maximum atomic E-state index is 12.5. The summed E-state index contributed by atoms with van der Waals surface area (Å²) >= 11 is 0. The molecule has 1 aromatic rings. The number of halogens is 3. The van der Waals surface area contributed by atoms with Gasteiger partial charge in [-0.15, -0.1) is 0 Å². The van der Waals surface area contributed by atoms with E-state index in [0.717, 1.165) is 19.3 Å². The van der Waals surface area contributed by atoms with E-state index in [9.17, 15) is 13.2 Å². The van der Waals surface area contributed by atoms with Crippen molar-refractivity contribution in [1.29, 1.82) is 0 Å². The van der Waals surface area contributed by atoms with Crippen LogP contribution in [0.4, 0.5) is 19.0 Å². The molecule has 1 N–H and O–H groups in total. The summed E-state index contributed by atoms with van der Waals surface area (Å²) in [6, 6.07) is 1.35. The third-order valence-electron chi connectivity index (χ3n) is 2.21. The molecular formula is C11H16F3N3O. The number of hydrogen-bond donors (Lipinski definition) is 1. The van der Waals surface area contributed by atoms with Gasteiger partial charge in [-0.1, -0.05) is 19.8 Å². The zero-order valence-corrected chi connectivity index (χ0v) is 10.3. The predicted molar refractivity (Wildman–Crippen MR) is 61.6 cm³/mol. The Morgan fingerprint density at radius 1 is 1.28 bits per heavy atom. The highest BCUT2D eigenvalue weighted by Gasteiger charge is 2.35. The molecule has 4 nitrogen and oxygen atoms in total. The topological polar surface area (TPSA) is 47.0 Å². The third-order valence-corrected chi connectivity index (χ3v) is 2.21. The average molecular weight is 263 g/mol. The van der Waals surface area contributed by atoms with Crippen molar-refractivity contribution >= 4 is 5.82 Å². The van der Waals surface area contributed by atoms with Crippen molar-refractivity contribution in [3.05, 3.63) is 11.9 Å². The first-order chi connectivity index (χ1) is 8.47. The van der Waals surface area contributed by atoms with Crippen molar-refractivity contribution in [2.45, 2.75) is 32.4 Å². The van der Waals surface area contributed by atoms with E-state index in [2.05, 4.69) is 15.3 Å². The van der Waals surface area contributed by atoms with Crippen molar-refractivity contribution in [1.82, 2.24) is 9.97 Å². The van der Waals surface area contributed by atoms with Gasteiger partial charge >= 0.3 is 6.18 Å². The Labute approximate surface area is 104 Å². The fraction of sp³-hybridized carbons (Fsp3) is 0.636. The molecule has 0 aliphatic rings. The van der Waals surface area contributed by atoms with Crippen LogP contribution in [0.3, 0.4) is 0 Å². The minimum atomic E-state index is -4.58. The molecule has 0 amide bonds. The van der Waals surface area contributed by atoms with Gasteiger partial charge in [-0.25, -0.2) is 4.98 Å². The van der Waals surface area contributed by atoms with E-state index in [1.54, 1.807) is 0 Å². The molecule has 1 rings (SSSR count). The summed E-state index contributed by atoms with van der Waals surface area (Å²) in [7, 11) is 1.49. The molecular weight excluding hydrogens is 247 g/mol. The molecule has 0 unspecified atom stereocenters. The van der Waals surface area contributed by atoms with Crippen molar-refractivity contribution in [2.75, 3.05) is 19.0 Å². The molecule has 0 saturated heterocycles. The minimum Gasteiger partial charge on any atom is -0.478 e. The molecule has 102 valence electrons. The van der Waals surface area contributed by atoms with Crippen LogP contribution in [0.5, 0.6) is 5.88 Å². The fourth-order valence-corrected chi connectivity index (χ4v) is 1.28. The lowest BCUT2D eigenvalue weighted by atomic mass is 10.3. The van der Waals surface area contributed by atoms with Gasteiger partial charge in [-0.05, 0) is 6.42 Å². The zero-order valence-electron chi connectivity index (χ0n) is 10.3. The number of nitrogens with zero attached hydrogens (tertiary/aromatic N) is 2. The van der Waals surface area contributed by atoms with Gasteiger partial charge in [0.15, 0.2) is 0 Å². The molecule has 0 bridgehead atoms. The number of alkyl halides is 3. The number of ether oxygens (including phenoxy) is 1. The second kappa shape index (κ2) is 6.42. The van der Waals surface area contributed by atoms with Gasteiger partial charge in [0.2, 0.25) is 11.7 Å². The van der Waals surface area contributed by atoms with Crippen molar-refractivity contribution in [2.24, 2.45) is 0 Å².